The minimum atomic E-state index is -0.195. The highest BCUT2D eigenvalue weighted by molar-refractivity contribution is 6.32. The van der Waals surface area contributed by atoms with Gasteiger partial charge in [0, 0.05) is 5.92 Å². The molecule has 21 heavy (non-hydrogen) atoms. The molecule has 0 spiro atoms. The number of hydrogen-bond acceptors (Lipinski definition) is 4. The number of aromatic nitrogens is 1. The summed E-state index contributed by atoms with van der Waals surface area (Å²) in [5.41, 5.74) is 1.01. The van der Waals surface area contributed by atoms with Crippen molar-refractivity contribution in [3.63, 3.8) is 0 Å². The van der Waals surface area contributed by atoms with Crippen molar-refractivity contribution in [1.29, 1.82) is 0 Å². The molecule has 110 valence electrons. The van der Waals surface area contributed by atoms with Crippen LogP contribution in [-0.4, -0.2) is 24.0 Å². The molecule has 0 N–H and O–H groups in total. The Hall–Kier alpha value is -2.01. The Bertz CT molecular complexity index is 681. The minimum absolute atomic E-state index is 0.0892. The number of carbonyl (C=O) groups excluding carboxylic acids is 1. The summed E-state index contributed by atoms with van der Waals surface area (Å²) >= 11 is 6.12. The first-order valence-electron chi connectivity index (χ1n) is 6.76. The van der Waals surface area contributed by atoms with Crippen molar-refractivity contribution in [2.75, 3.05) is 18.1 Å². The third-order valence-corrected chi connectivity index (χ3v) is 3.66. The van der Waals surface area contributed by atoms with Crippen molar-refractivity contribution in [2.24, 2.45) is 0 Å². The van der Waals surface area contributed by atoms with Crippen molar-refractivity contribution >= 4 is 23.2 Å². The van der Waals surface area contributed by atoms with E-state index in [0.29, 0.717) is 41.1 Å². The molecule has 0 fully saturated rings. The van der Waals surface area contributed by atoms with Crippen molar-refractivity contribution in [1.82, 2.24) is 4.98 Å². The quantitative estimate of drug-likeness (QED) is 0.852. The molecule has 5 nitrogen and oxygen atoms in total. The molecule has 1 aliphatic heterocycles. The van der Waals surface area contributed by atoms with Gasteiger partial charge < -0.3 is 9.15 Å². The normalized spacial score (nSPS) is 14.0. The molecule has 3 rings (SSSR count). The van der Waals surface area contributed by atoms with Crippen LogP contribution in [0.3, 0.4) is 0 Å². The molecule has 1 aliphatic rings. The number of para-hydroxylation sites is 1. The number of halogens is 1. The third-order valence-electron chi connectivity index (χ3n) is 3.37. The van der Waals surface area contributed by atoms with Gasteiger partial charge in [0.1, 0.15) is 12.4 Å². The summed E-state index contributed by atoms with van der Waals surface area (Å²) in [5.74, 6) is 1.02. The van der Waals surface area contributed by atoms with E-state index in [1.54, 1.807) is 17.0 Å². The van der Waals surface area contributed by atoms with Crippen LogP contribution < -0.4 is 9.64 Å². The van der Waals surface area contributed by atoms with Crippen LogP contribution in [0.4, 0.5) is 5.69 Å². The number of fused-ring (bicyclic) bond motifs is 1. The molecule has 1 aromatic carbocycles. The van der Waals surface area contributed by atoms with Crippen molar-refractivity contribution in [3.05, 3.63) is 41.1 Å². The molecule has 0 unspecified atom stereocenters. The van der Waals surface area contributed by atoms with Gasteiger partial charge in [0.05, 0.1) is 17.3 Å². The maximum atomic E-state index is 12.8. The number of nitrogens with zero attached hydrogens (tertiary/aromatic N) is 2. The highest BCUT2D eigenvalue weighted by Gasteiger charge is 2.30. The number of benzene rings is 1. The average Bonchev–Trinajstić information content (AvgIpc) is 2.96. The molecule has 0 aliphatic carbocycles. The van der Waals surface area contributed by atoms with Gasteiger partial charge in [-0.05, 0) is 12.1 Å². The van der Waals surface area contributed by atoms with E-state index in [9.17, 15) is 4.79 Å². The first-order chi connectivity index (χ1) is 10.1. The van der Waals surface area contributed by atoms with Gasteiger partial charge in [-0.15, -0.1) is 0 Å². The lowest BCUT2D eigenvalue weighted by Gasteiger charge is -2.29. The van der Waals surface area contributed by atoms with Crippen LogP contribution in [-0.2, 0) is 0 Å². The standard InChI is InChI=1S/C15H15ClN2O3/c1-9(2)13-12(17-8-21-13)15(19)18-6-7-20-14-10(16)4-3-5-11(14)18/h3-5,8-9H,6-7H2,1-2H3. The lowest BCUT2D eigenvalue weighted by molar-refractivity contribution is 0.0970. The summed E-state index contributed by atoms with van der Waals surface area (Å²) in [6, 6.07) is 5.35. The fraction of sp³-hybridized carbons (Fsp3) is 0.333. The zero-order valence-electron chi connectivity index (χ0n) is 11.8. The van der Waals surface area contributed by atoms with Crippen LogP contribution in [0.25, 0.3) is 0 Å². The third kappa shape index (κ3) is 2.38. The maximum absolute atomic E-state index is 12.8. The van der Waals surface area contributed by atoms with E-state index in [1.165, 1.54) is 6.39 Å². The number of rotatable bonds is 2. The Labute approximate surface area is 127 Å². The molecule has 0 radical (unpaired) electrons. The first-order valence-corrected chi connectivity index (χ1v) is 7.14. The van der Waals surface area contributed by atoms with Gasteiger partial charge >= 0.3 is 0 Å². The van der Waals surface area contributed by atoms with Gasteiger partial charge in [0.25, 0.3) is 5.91 Å². The second kappa shape index (κ2) is 5.41. The number of anilines is 1. The monoisotopic (exact) mass is 306 g/mol. The van der Waals surface area contributed by atoms with Crippen molar-refractivity contribution < 1.29 is 13.9 Å². The summed E-state index contributed by atoms with van der Waals surface area (Å²) in [6.07, 6.45) is 1.31. The fourth-order valence-electron chi connectivity index (χ4n) is 2.38. The zero-order chi connectivity index (χ0) is 15.0. The molecular formula is C15H15ClN2O3. The van der Waals surface area contributed by atoms with Crippen LogP contribution in [0.5, 0.6) is 5.75 Å². The predicted molar refractivity (Wildman–Crippen MR) is 79.2 cm³/mol. The smallest absolute Gasteiger partial charge is 0.280 e. The Balaban J connectivity index is 2.01. The summed E-state index contributed by atoms with van der Waals surface area (Å²) < 4.78 is 10.9. The molecular weight excluding hydrogens is 292 g/mol. The summed E-state index contributed by atoms with van der Waals surface area (Å²) in [5, 5.41) is 0.495. The predicted octanol–water partition coefficient (Wildman–Crippen LogP) is 3.49. The SMILES string of the molecule is CC(C)c1ocnc1C(=O)N1CCOc2c(Cl)cccc21. The maximum Gasteiger partial charge on any atom is 0.280 e. The first kappa shape index (κ1) is 13.9. The van der Waals surface area contributed by atoms with Crippen LogP contribution in [0.15, 0.2) is 29.0 Å². The van der Waals surface area contributed by atoms with E-state index in [-0.39, 0.29) is 11.8 Å². The Morgan fingerprint density at radius 1 is 1.43 bits per heavy atom. The second-order valence-corrected chi connectivity index (χ2v) is 5.52. The lowest BCUT2D eigenvalue weighted by Crippen LogP contribution is -2.38. The Morgan fingerprint density at radius 2 is 2.24 bits per heavy atom. The number of ether oxygens (including phenoxy) is 1. The van der Waals surface area contributed by atoms with Crippen LogP contribution in [0, 0.1) is 0 Å². The van der Waals surface area contributed by atoms with Gasteiger partial charge in [-0.25, -0.2) is 4.98 Å². The minimum Gasteiger partial charge on any atom is -0.488 e. The molecule has 0 saturated carbocycles. The molecule has 0 atom stereocenters. The topological polar surface area (TPSA) is 55.6 Å². The van der Waals surface area contributed by atoms with Crippen LogP contribution in [0.2, 0.25) is 5.02 Å². The largest absolute Gasteiger partial charge is 0.488 e. The second-order valence-electron chi connectivity index (χ2n) is 5.11. The molecule has 2 aromatic rings. The van der Waals surface area contributed by atoms with Gasteiger partial charge in [-0.1, -0.05) is 31.5 Å². The van der Waals surface area contributed by atoms with Crippen LogP contribution in [0.1, 0.15) is 36.0 Å². The number of amides is 1. The molecule has 0 bridgehead atoms. The van der Waals surface area contributed by atoms with Gasteiger partial charge in [-0.2, -0.15) is 0 Å². The molecule has 0 saturated heterocycles. The molecule has 6 heteroatoms. The van der Waals surface area contributed by atoms with E-state index >= 15 is 0 Å². The molecule has 2 heterocycles. The summed E-state index contributed by atoms with van der Waals surface area (Å²) in [4.78, 5) is 18.5. The highest BCUT2D eigenvalue weighted by Crippen LogP contribution is 2.38. The summed E-state index contributed by atoms with van der Waals surface area (Å²) in [6.45, 7) is 4.77. The van der Waals surface area contributed by atoms with Crippen LogP contribution >= 0.6 is 11.6 Å². The van der Waals surface area contributed by atoms with E-state index < -0.39 is 0 Å². The summed E-state index contributed by atoms with van der Waals surface area (Å²) in [7, 11) is 0. The van der Waals surface area contributed by atoms with E-state index in [0.717, 1.165) is 0 Å². The van der Waals surface area contributed by atoms with Gasteiger partial charge in [0.15, 0.2) is 17.8 Å². The van der Waals surface area contributed by atoms with Gasteiger partial charge in [-0.3, -0.25) is 9.69 Å². The average molecular weight is 307 g/mol. The fourth-order valence-corrected chi connectivity index (χ4v) is 2.60. The Kier molecular flexibility index (Phi) is 3.59. The zero-order valence-corrected chi connectivity index (χ0v) is 12.6. The molecule has 1 aromatic heterocycles. The van der Waals surface area contributed by atoms with Crippen molar-refractivity contribution in [2.45, 2.75) is 19.8 Å². The van der Waals surface area contributed by atoms with E-state index in [1.807, 2.05) is 19.9 Å². The van der Waals surface area contributed by atoms with Gasteiger partial charge in [0.2, 0.25) is 0 Å². The Morgan fingerprint density at radius 3 is 3.00 bits per heavy atom. The molecule has 1 amide bonds. The number of hydrogen-bond donors (Lipinski definition) is 0. The van der Waals surface area contributed by atoms with E-state index in [2.05, 4.69) is 4.98 Å². The highest BCUT2D eigenvalue weighted by atomic mass is 35.5. The number of carbonyl (C=O) groups is 1. The lowest BCUT2D eigenvalue weighted by atomic mass is 10.1. The van der Waals surface area contributed by atoms with E-state index in [4.69, 9.17) is 20.8 Å². The number of oxazole rings is 1. The van der Waals surface area contributed by atoms with Crippen molar-refractivity contribution in [3.8, 4) is 5.75 Å².